The molecule has 3 rings (SSSR count). The van der Waals surface area contributed by atoms with E-state index in [1.807, 2.05) is 0 Å². The van der Waals surface area contributed by atoms with Crippen molar-refractivity contribution in [1.29, 1.82) is 0 Å². The van der Waals surface area contributed by atoms with Gasteiger partial charge in [-0.3, -0.25) is 0 Å². The third-order valence-corrected chi connectivity index (χ3v) is 4.57. The molecule has 7 heteroatoms. The molecule has 5 nitrogen and oxygen atoms in total. The van der Waals surface area contributed by atoms with E-state index in [9.17, 15) is 9.50 Å². The number of H-pyrrole nitrogens is 1. The van der Waals surface area contributed by atoms with E-state index >= 15 is 0 Å². The van der Waals surface area contributed by atoms with Gasteiger partial charge in [0.2, 0.25) is 11.0 Å². The molecule has 0 amide bonds. The summed E-state index contributed by atoms with van der Waals surface area (Å²) >= 11 is 5.22. The Hall–Kier alpha value is -2.02. The zero-order valence-electron chi connectivity index (χ0n) is 12.8. The van der Waals surface area contributed by atoms with Crippen molar-refractivity contribution < 1.29 is 9.50 Å². The van der Waals surface area contributed by atoms with Gasteiger partial charge in [0.15, 0.2) is 5.69 Å². The van der Waals surface area contributed by atoms with Crippen molar-refractivity contribution in [2.45, 2.75) is 38.6 Å². The number of aromatic hydroxyl groups is 1. The fraction of sp³-hybridized carbons (Fsp3) is 0.438. The number of benzene rings is 1. The summed E-state index contributed by atoms with van der Waals surface area (Å²) in [7, 11) is 0. The number of azo groups is 1. The second kappa shape index (κ2) is 6.62. The molecule has 23 heavy (non-hydrogen) atoms. The monoisotopic (exact) mass is 334 g/mol. The molecule has 1 heterocycles. The van der Waals surface area contributed by atoms with Crippen molar-refractivity contribution in [2.24, 2.45) is 16.1 Å². The molecule has 0 radical (unpaired) electrons. The van der Waals surface area contributed by atoms with Crippen LogP contribution in [0.5, 0.6) is 5.88 Å². The maximum Gasteiger partial charge on any atom is 0.218 e. The number of hydrogen-bond acceptors (Lipinski definition) is 3. The minimum absolute atomic E-state index is 0.150. The third-order valence-electron chi connectivity index (χ3n) is 4.38. The Morgan fingerprint density at radius 2 is 2.17 bits per heavy atom. The third kappa shape index (κ3) is 3.50. The number of aromatic nitrogens is 1. The Bertz CT molecular complexity index is 758. The zero-order chi connectivity index (χ0) is 16.4. The fourth-order valence-electron chi connectivity index (χ4n) is 3.05. The Labute approximate surface area is 139 Å². The van der Waals surface area contributed by atoms with Crippen molar-refractivity contribution in [3.05, 3.63) is 24.0 Å². The lowest BCUT2D eigenvalue weighted by Gasteiger charge is -2.29. The predicted octanol–water partition coefficient (Wildman–Crippen LogP) is 4.55. The van der Waals surface area contributed by atoms with Crippen LogP contribution < -0.4 is 5.32 Å². The Morgan fingerprint density at radius 3 is 2.96 bits per heavy atom. The second-order valence-corrected chi connectivity index (χ2v) is 6.42. The molecule has 0 bridgehead atoms. The fourth-order valence-corrected chi connectivity index (χ4v) is 3.24. The van der Waals surface area contributed by atoms with Gasteiger partial charge in [-0.25, -0.2) is 4.39 Å². The average molecular weight is 334 g/mol. The topological polar surface area (TPSA) is 72.8 Å². The number of thiocarbonyl (C=S) groups is 1. The molecule has 1 saturated carbocycles. The molecular weight excluding hydrogens is 315 g/mol. The molecule has 2 aromatic rings. The number of hydrogen-bond donors (Lipinski definition) is 3. The number of nitrogens with one attached hydrogen (secondary N) is 2. The molecule has 0 aliphatic heterocycles. The number of nitrogens with zero attached hydrogens (tertiary/aromatic N) is 2. The van der Waals surface area contributed by atoms with Gasteiger partial charge in [-0.2, -0.15) is 0 Å². The van der Waals surface area contributed by atoms with Gasteiger partial charge in [0, 0.05) is 11.4 Å². The zero-order valence-corrected chi connectivity index (χ0v) is 13.7. The van der Waals surface area contributed by atoms with Gasteiger partial charge in [-0.05, 0) is 49.2 Å². The molecule has 1 aliphatic carbocycles. The summed E-state index contributed by atoms with van der Waals surface area (Å²) in [5.41, 5.74) is 0.790. The maximum absolute atomic E-state index is 13.4. The van der Waals surface area contributed by atoms with E-state index in [1.54, 1.807) is 6.07 Å². The molecule has 3 N–H and O–H groups in total. The average Bonchev–Trinajstić information content (AvgIpc) is 2.82. The van der Waals surface area contributed by atoms with Crippen molar-refractivity contribution >= 4 is 33.9 Å². The molecule has 1 aromatic heterocycles. The van der Waals surface area contributed by atoms with Crippen molar-refractivity contribution in [3.63, 3.8) is 0 Å². The number of halogens is 1. The van der Waals surface area contributed by atoms with Gasteiger partial charge in [-0.1, -0.05) is 19.8 Å². The SMILES string of the molecule is C[C@H]1CCCC[C@H]1NC(=S)N=Nc1c(O)[nH]c2ccc(F)cc12. The lowest BCUT2D eigenvalue weighted by molar-refractivity contribution is 0.309. The maximum atomic E-state index is 13.4. The van der Waals surface area contributed by atoms with Gasteiger partial charge in [0.05, 0.1) is 5.52 Å². The smallest absolute Gasteiger partial charge is 0.218 e. The highest BCUT2D eigenvalue weighted by molar-refractivity contribution is 7.80. The number of fused-ring (bicyclic) bond motifs is 1. The quantitative estimate of drug-likeness (QED) is 0.557. The van der Waals surface area contributed by atoms with E-state index < -0.39 is 5.82 Å². The van der Waals surface area contributed by atoms with Crippen molar-refractivity contribution in [3.8, 4) is 5.88 Å². The van der Waals surface area contributed by atoms with E-state index in [-0.39, 0.29) is 16.7 Å². The molecular formula is C16H19FN4OS. The lowest BCUT2D eigenvalue weighted by Crippen LogP contribution is -2.39. The Morgan fingerprint density at radius 1 is 1.39 bits per heavy atom. The van der Waals surface area contributed by atoms with Crippen molar-refractivity contribution in [2.75, 3.05) is 0 Å². The molecule has 1 aliphatic rings. The molecule has 0 unspecified atom stereocenters. The van der Waals surface area contributed by atoms with Crippen LogP contribution in [-0.4, -0.2) is 21.2 Å². The van der Waals surface area contributed by atoms with Crippen LogP contribution in [0.4, 0.5) is 10.1 Å². The van der Waals surface area contributed by atoms with E-state index in [0.29, 0.717) is 22.9 Å². The van der Waals surface area contributed by atoms with Gasteiger partial charge in [0.25, 0.3) is 0 Å². The summed E-state index contributed by atoms with van der Waals surface area (Å²) in [5.74, 6) is 0.000328. The Kier molecular flexibility index (Phi) is 4.56. The van der Waals surface area contributed by atoms with Crippen LogP contribution in [0.15, 0.2) is 28.4 Å². The first-order valence-corrected chi connectivity index (χ1v) is 8.18. The number of aromatic amines is 1. The van der Waals surface area contributed by atoms with Crippen LogP contribution in [0.3, 0.4) is 0 Å². The van der Waals surface area contributed by atoms with Gasteiger partial charge in [-0.15, -0.1) is 10.2 Å². The van der Waals surface area contributed by atoms with Crippen LogP contribution in [-0.2, 0) is 0 Å². The summed E-state index contributed by atoms with van der Waals surface area (Å²) in [5, 5.41) is 21.9. The van der Waals surface area contributed by atoms with Crippen LogP contribution in [0, 0.1) is 11.7 Å². The summed E-state index contributed by atoms with van der Waals surface area (Å²) in [6.45, 7) is 2.20. The first-order chi connectivity index (χ1) is 11.0. The first-order valence-electron chi connectivity index (χ1n) is 7.77. The van der Waals surface area contributed by atoms with E-state index in [1.165, 1.54) is 31.4 Å². The molecule has 1 fully saturated rings. The van der Waals surface area contributed by atoms with E-state index in [2.05, 4.69) is 27.5 Å². The van der Waals surface area contributed by atoms with Gasteiger partial charge in [0.1, 0.15) is 5.82 Å². The molecule has 2 atom stereocenters. The van der Waals surface area contributed by atoms with Crippen LogP contribution in [0.2, 0.25) is 0 Å². The van der Waals surface area contributed by atoms with Crippen LogP contribution in [0.25, 0.3) is 10.9 Å². The highest BCUT2D eigenvalue weighted by Crippen LogP contribution is 2.35. The standard InChI is InChI=1S/C16H19FN4OS/c1-9-4-2-3-5-12(9)19-16(23)21-20-14-11-8-10(17)6-7-13(11)18-15(14)22/h6-9,12,18,22H,2-5H2,1H3,(H,19,23)/t9-,12+/m0/s1. The highest BCUT2D eigenvalue weighted by atomic mass is 32.1. The van der Waals surface area contributed by atoms with Gasteiger partial charge < -0.3 is 15.4 Å². The van der Waals surface area contributed by atoms with Gasteiger partial charge >= 0.3 is 0 Å². The molecule has 1 aromatic carbocycles. The second-order valence-electron chi connectivity index (χ2n) is 6.03. The lowest BCUT2D eigenvalue weighted by atomic mass is 9.86. The minimum Gasteiger partial charge on any atom is -0.493 e. The summed E-state index contributed by atoms with van der Waals surface area (Å²) in [6, 6.07) is 4.48. The predicted molar refractivity (Wildman–Crippen MR) is 91.6 cm³/mol. The Balaban J connectivity index is 1.75. The van der Waals surface area contributed by atoms with Crippen LogP contribution in [0.1, 0.15) is 32.6 Å². The summed E-state index contributed by atoms with van der Waals surface area (Å²) < 4.78 is 13.4. The van der Waals surface area contributed by atoms with E-state index in [4.69, 9.17) is 12.2 Å². The first kappa shape index (κ1) is 15.9. The largest absolute Gasteiger partial charge is 0.493 e. The van der Waals surface area contributed by atoms with E-state index in [0.717, 1.165) is 6.42 Å². The molecule has 0 spiro atoms. The highest BCUT2D eigenvalue weighted by Gasteiger charge is 2.21. The molecule has 0 saturated heterocycles. The molecule has 122 valence electrons. The van der Waals surface area contributed by atoms with Crippen molar-refractivity contribution in [1.82, 2.24) is 10.3 Å². The summed E-state index contributed by atoms with van der Waals surface area (Å²) in [6.07, 6.45) is 4.69. The number of rotatable bonds is 2. The van der Waals surface area contributed by atoms with Crippen LogP contribution >= 0.6 is 12.2 Å². The minimum atomic E-state index is -0.398. The summed E-state index contributed by atoms with van der Waals surface area (Å²) in [4.78, 5) is 2.74. The normalized spacial score (nSPS) is 21.8.